The monoisotopic (exact) mass is 732 g/mol. The van der Waals surface area contributed by atoms with Crippen LogP contribution in [0.25, 0.3) is 21.8 Å². The minimum atomic E-state index is -0.616. The summed E-state index contributed by atoms with van der Waals surface area (Å²) in [7, 11) is 0. The molecule has 0 aliphatic carbocycles. The average Bonchev–Trinajstić information content (AvgIpc) is 3.21. The Bertz CT molecular complexity index is 1850. The Morgan fingerprint density at radius 1 is 0.704 bits per heavy atom. The number of pyridine rings is 2. The van der Waals surface area contributed by atoms with Gasteiger partial charge in [-0.05, 0) is 111 Å². The first-order valence-electron chi connectivity index (χ1n) is 20.5. The summed E-state index contributed by atoms with van der Waals surface area (Å²) in [6.45, 7) is 8.74. The zero-order valence-electron chi connectivity index (χ0n) is 31.8. The molecule has 0 spiro atoms. The van der Waals surface area contributed by atoms with Crippen molar-refractivity contribution in [1.29, 1.82) is 0 Å². The van der Waals surface area contributed by atoms with Gasteiger partial charge in [-0.1, -0.05) is 51.0 Å². The number of para-hydroxylation sites is 2. The van der Waals surface area contributed by atoms with Gasteiger partial charge in [0.15, 0.2) is 0 Å². The van der Waals surface area contributed by atoms with Crippen LogP contribution in [0.1, 0.15) is 101 Å². The molecular weight excluding hydrogens is 677 g/mol. The molecule has 6 fully saturated rings. The van der Waals surface area contributed by atoms with Crippen LogP contribution in [0.4, 0.5) is 11.4 Å². The van der Waals surface area contributed by atoms with E-state index in [1.807, 2.05) is 48.5 Å². The number of anilines is 2. The molecule has 10 unspecified atom stereocenters. The summed E-state index contributed by atoms with van der Waals surface area (Å²) in [4.78, 5) is 40.4. The number of unbranched alkanes of at least 4 members (excludes halogenated alkanes) is 1. The maximum atomic E-state index is 13.1. The normalized spacial score (nSPS) is 28.6. The Balaban J connectivity index is 0.851. The molecule has 8 heterocycles. The number of aliphatic hydroxyl groups is 2. The Kier molecular flexibility index (Phi) is 11.0. The quantitative estimate of drug-likeness (QED) is 0.106. The molecule has 4 bridgehead atoms. The van der Waals surface area contributed by atoms with E-state index in [-0.39, 0.29) is 36.7 Å². The number of rotatable bonds is 13. The largest absolute Gasteiger partial charge is 0.387 e. The number of aromatic nitrogens is 2. The second kappa shape index (κ2) is 16.0. The van der Waals surface area contributed by atoms with E-state index in [0.29, 0.717) is 47.1 Å². The second-order valence-electron chi connectivity index (χ2n) is 16.4. The highest BCUT2D eigenvalue weighted by atomic mass is 16.3. The van der Waals surface area contributed by atoms with Gasteiger partial charge in [0, 0.05) is 61.2 Å². The molecule has 10 heteroatoms. The molecular formula is C44H56N6O4. The van der Waals surface area contributed by atoms with Crippen LogP contribution in [0, 0.1) is 23.7 Å². The van der Waals surface area contributed by atoms with E-state index in [9.17, 15) is 19.8 Å². The molecule has 2 aromatic carbocycles. The van der Waals surface area contributed by atoms with Gasteiger partial charge in [-0.2, -0.15) is 0 Å². The van der Waals surface area contributed by atoms with Gasteiger partial charge in [-0.15, -0.1) is 0 Å². The zero-order valence-corrected chi connectivity index (χ0v) is 31.8. The van der Waals surface area contributed by atoms with Crippen LogP contribution in [0.15, 0.2) is 60.9 Å². The molecule has 4 N–H and O–H groups in total. The van der Waals surface area contributed by atoms with Crippen molar-refractivity contribution in [2.45, 2.75) is 102 Å². The van der Waals surface area contributed by atoms with Crippen molar-refractivity contribution in [3.63, 3.8) is 0 Å². The van der Waals surface area contributed by atoms with Crippen LogP contribution >= 0.6 is 0 Å². The van der Waals surface area contributed by atoms with Crippen LogP contribution in [0.3, 0.4) is 0 Å². The van der Waals surface area contributed by atoms with Crippen molar-refractivity contribution in [2.24, 2.45) is 23.7 Å². The zero-order chi connectivity index (χ0) is 37.3. The van der Waals surface area contributed by atoms with Crippen LogP contribution in [0.2, 0.25) is 0 Å². The van der Waals surface area contributed by atoms with E-state index in [1.165, 1.54) is 25.7 Å². The highest BCUT2D eigenvalue weighted by molar-refractivity contribution is 6.02. The van der Waals surface area contributed by atoms with Gasteiger partial charge < -0.3 is 20.8 Å². The van der Waals surface area contributed by atoms with Crippen molar-refractivity contribution in [2.75, 3.05) is 36.8 Å². The standard InChI is InChI=1S/C44H56N6O4/c1-3-27-25-49-21-17-29(27)23-37(49)43(53)33-15-19-45-41-31(33)9-7-11-35(41)47-39(51)13-5-6-14-40(52)48-36-12-8-10-32-34(16-20-46-42(32)36)44(54)38-24-30-18-22-50(38)26-28(30)4-2/h7-12,15-16,19-20,27-30,37-38,43-44,53-54H,3-6,13-14,17-18,21-26H2,1-2H3,(H,47,51)(H,48,52). The molecule has 10 atom stereocenters. The molecule has 286 valence electrons. The molecule has 2 aromatic heterocycles. The molecule has 6 aliphatic rings. The fraction of sp³-hybridized carbons (Fsp3) is 0.545. The van der Waals surface area contributed by atoms with E-state index in [1.54, 1.807) is 12.4 Å². The first-order valence-corrected chi connectivity index (χ1v) is 20.5. The van der Waals surface area contributed by atoms with Crippen LogP contribution in [-0.4, -0.2) is 80.1 Å². The molecule has 6 saturated heterocycles. The lowest BCUT2D eigenvalue weighted by Crippen LogP contribution is -2.55. The van der Waals surface area contributed by atoms with Crippen molar-refractivity contribution >= 4 is 45.0 Å². The highest BCUT2D eigenvalue weighted by Gasteiger charge is 2.44. The molecule has 6 aliphatic heterocycles. The number of nitrogens with one attached hydrogen (secondary N) is 2. The number of hydrogen-bond donors (Lipinski definition) is 4. The minimum absolute atomic E-state index is 0.100. The Hall–Kier alpha value is -3.96. The highest BCUT2D eigenvalue weighted by Crippen LogP contribution is 2.44. The van der Waals surface area contributed by atoms with E-state index < -0.39 is 12.2 Å². The van der Waals surface area contributed by atoms with Gasteiger partial charge in [-0.25, -0.2) is 0 Å². The SMILES string of the molecule is CCC1CN2CCC1CC2C(O)c1ccnc2c(NC(=O)CCCCC(=O)Nc3cccc4c(C(O)C5CC6CCN5CC6CC)ccnc34)cccc12. The van der Waals surface area contributed by atoms with Crippen LogP contribution < -0.4 is 10.6 Å². The summed E-state index contributed by atoms with van der Waals surface area (Å²) in [5.41, 5.74) is 4.34. The Labute approximate surface area is 318 Å². The first-order chi connectivity index (χ1) is 26.3. The Morgan fingerprint density at radius 2 is 1.15 bits per heavy atom. The fourth-order valence-electron chi connectivity index (χ4n) is 10.5. The fourth-order valence-corrected chi connectivity index (χ4v) is 10.5. The van der Waals surface area contributed by atoms with E-state index in [0.717, 1.165) is 72.8 Å². The number of benzene rings is 2. The molecule has 4 aromatic rings. The number of fused-ring (bicyclic) bond motifs is 8. The first kappa shape index (κ1) is 37.0. The number of nitrogens with zero attached hydrogens (tertiary/aromatic N) is 4. The van der Waals surface area contributed by atoms with E-state index in [2.05, 4.69) is 44.2 Å². The predicted octanol–water partition coefficient (Wildman–Crippen LogP) is 7.23. The number of aliphatic hydroxyl groups excluding tert-OH is 2. The van der Waals surface area contributed by atoms with Gasteiger partial charge in [0.05, 0.1) is 34.6 Å². The third-order valence-electron chi connectivity index (χ3n) is 13.5. The molecule has 2 amide bonds. The lowest BCUT2D eigenvalue weighted by atomic mass is 9.72. The summed E-state index contributed by atoms with van der Waals surface area (Å²) < 4.78 is 0. The number of amides is 2. The topological polar surface area (TPSA) is 131 Å². The Morgan fingerprint density at radius 3 is 1.54 bits per heavy atom. The molecule has 10 nitrogen and oxygen atoms in total. The number of carbonyl (C=O) groups is 2. The van der Waals surface area contributed by atoms with E-state index in [4.69, 9.17) is 0 Å². The van der Waals surface area contributed by atoms with Gasteiger partial charge in [0.1, 0.15) is 0 Å². The molecule has 54 heavy (non-hydrogen) atoms. The number of carbonyl (C=O) groups excluding carboxylic acids is 2. The summed E-state index contributed by atoms with van der Waals surface area (Å²) >= 11 is 0. The van der Waals surface area contributed by atoms with Crippen molar-refractivity contribution in [3.05, 3.63) is 72.1 Å². The third kappa shape index (κ3) is 7.26. The maximum Gasteiger partial charge on any atom is 0.224 e. The van der Waals surface area contributed by atoms with Gasteiger partial charge in [0.2, 0.25) is 11.8 Å². The minimum Gasteiger partial charge on any atom is -0.387 e. The summed E-state index contributed by atoms with van der Waals surface area (Å²) in [6.07, 6.45) is 10.7. The van der Waals surface area contributed by atoms with Crippen LogP contribution in [-0.2, 0) is 9.59 Å². The summed E-state index contributed by atoms with van der Waals surface area (Å²) in [5, 5.41) is 31.1. The van der Waals surface area contributed by atoms with E-state index >= 15 is 0 Å². The summed E-state index contributed by atoms with van der Waals surface area (Å²) in [6, 6.07) is 15.5. The summed E-state index contributed by atoms with van der Waals surface area (Å²) in [5.74, 6) is 2.52. The van der Waals surface area contributed by atoms with Gasteiger partial charge >= 0.3 is 0 Å². The van der Waals surface area contributed by atoms with Crippen LogP contribution in [0.5, 0.6) is 0 Å². The second-order valence-corrected chi connectivity index (χ2v) is 16.4. The third-order valence-corrected chi connectivity index (χ3v) is 13.5. The number of hydrogen-bond acceptors (Lipinski definition) is 8. The lowest BCUT2D eigenvalue weighted by molar-refractivity contribution is -0.118. The predicted molar refractivity (Wildman–Crippen MR) is 213 cm³/mol. The average molecular weight is 733 g/mol. The smallest absolute Gasteiger partial charge is 0.224 e. The van der Waals surface area contributed by atoms with Crippen molar-refractivity contribution in [3.8, 4) is 0 Å². The van der Waals surface area contributed by atoms with Gasteiger partial charge in [0.25, 0.3) is 0 Å². The number of piperidine rings is 6. The molecule has 0 radical (unpaired) electrons. The maximum absolute atomic E-state index is 13.1. The lowest BCUT2D eigenvalue weighted by Gasteiger charge is -2.51. The van der Waals surface area contributed by atoms with Gasteiger partial charge in [-0.3, -0.25) is 29.4 Å². The van der Waals surface area contributed by atoms with Crippen molar-refractivity contribution in [1.82, 2.24) is 19.8 Å². The molecule has 0 saturated carbocycles. The van der Waals surface area contributed by atoms with Crippen molar-refractivity contribution < 1.29 is 19.8 Å². The molecule has 10 rings (SSSR count).